The Morgan fingerprint density at radius 1 is 1.22 bits per heavy atom. The third kappa shape index (κ3) is 4.40. The summed E-state index contributed by atoms with van der Waals surface area (Å²) in [6.07, 6.45) is 2.71. The first-order valence-electron chi connectivity index (χ1n) is 9.37. The van der Waals surface area contributed by atoms with E-state index in [0.717, 1.165) is 23.8 Å². The molecule has 2 heterocycles. The number of hydrogen-bond acceptors (Lipinski definition) is 6. The SMILES string of the molecule is C[C@@H](c1nc(-c2ccc(C#N)cc2)cs1)[C@](O)(Cn1cncn1)c1cc(F)ccc1F.O. The quantitative estimate of drug-likeness (QED) is 0.478. The van der Waals surface area contributed by atoms with Crippen LogP contribution in [-0.2, 0) is 12.1 Å². The Kier molecular flexibility index (Phi) is 6.74. The van der Waals surface area contributed by atoms with Crippen LogP contribution in [0.5, 0.6) is 0 Å². The zero-order valence-corrected chi connectivity index (χ0v) is 17.7. The van der Waals surface area contributed by atoms with Gasteiger partial charge in [-0.15, -0.1) is 11.3 Å². The molecule has 7 nitrogen and oxygen atoms in total. The number of benzene rings is 2. The van der Waals surface area contributed by atoms with Crippen molar-refractivity contribution in [3.05, 3.63) is 88.3 Å². The minimum atomic E-state index is -1.83. The second kappa shape index (κ2) is 9.32. The van der Waals surface area contributed by atoms with E-state index in [0.29, 0.717) is 16.3 Å². The number of nitriles is 1. The van der Waals surface area contributed by atoms with Crippen molar-refractivity contribution in [1.82, 2.24) is 19.7 Å². The molecule has 0 aliphatic rings. The molecule has 0 radical (unpaired) electrons. The molecule has 2 aromatic heterocycles. The molecule has 0 bridgehead atoms. The van der Waals surface area contributed by atoms with Gasteiger partial charge in [0.1, 0.15) is 29.9 Å². The van der Waals surface area contributed by atoms with Crippen molar-refractivity contribution < 1.29 is 19.4 Å². The highest BCUT2D eigenvalue weighted by Crippen LogP contribution is 2.41. The molecule has 3 N–H and O–H groups in total. The van der Waals surface area contributed by atoms with E-state index in [-0.39, 0.29) is 17.6 Å². The number of nitrogens with zero attached hydrogens (tertiary/aromatic N) is 5. The number of thiazole rings is 1. The fourth-order valence-corrected chi connectivity index (χ4v) is 4.36. The molecule has 0 aliphatic heterocycles. The van der Waals surface area contributed by atoms with E-state index in [9.17, 15) is 13.9 Å². The standard InChI is InChI=1S/C22H17F2N5OS.H2O/c1-14(21-28-20(10-31-21)16-4-2-15(9-25)3-5-16)22(30,11-29-13-26-12-27-29)18-8-17(23)6-7-19(18)24;/h2-8,10,12-14,30H,11H2,1H3;1H2/t14-,22+;/m0./s1. The van der Waals surface area contributed by atoms with Gasteiger partial charge in [-0.05, 0) is 30.3 Å². The van der Waals surface area contributed by atoms with E-state index in [1.54, 1.807) is 31.2 Å². The Hall–Kier alpha value is -3.52. The third-order valence-electron chi connectivity index (χ3n) is 5.18. The summed E-state index contributed by atoms with van der Waals surface area (Å²) in [6.45, 7) is 1.57. The Labute approximate surface area is 186 Å². The lowest BCUT2D eigenvalue weighted by Crippen LogP contribution is -2.38. The summed E-state index contributed by atoms with van der Waals surface area (Å²) >= 11 is 1.31. The summed E-state index contributed by atoms with van der Waals surface area (Å²) < 4.78 is 30.0. The van der Waals surface area contributed by atoms with Crippen molar-refractivity contribution >= 4 is 11.3 Å². The first-order chi connectivity index (χ1) is 14.9. The zero-order chi connectivity index (χ0) is 22.0. The largest absolute Gasteiger partial charge is 0.412 e. The molecule has 0 unspecified atom stereocenters. The monoisotopic (exact) mass is 455 g/mol. The minimum absolute atomic E-state index is 0. The van der Waals surface area contributed by atoms with Gasteiger partial charge in [-0.25, -0.2) is 23.4 Å². The van der Waals surface area contributed by atoms with E-state index in [1.807, 2.05) is 5.38 Å². The Bertz CT molecular complexity index is 1240. The summed E-state index contributed by atoms with van der Waals surface area (Å²) in [7, 11) is 0. The van der Waals surface area contributed by atoms with Crippen molar-refractivity contribution in [2.24, 2.45) is 0 Å². The van der Waals surface area contributed by atoms with Gasteiger partial charge in [-0.3, -0.25) is 0 Å². The lowest BCUT2D eigenvalue weighted by molar-refractivity contribution is -0.0114. The van der Waals surface area contributed by atoms with Crippen molar-refractivity contribution in [3.63, 3.8) is 0 Å². The molecule has 2 atom stereocenters. The Balaban J connectivity index is 0.00000289. The molecule has 0 spiro atoms. The van der Waals surface area contributed by atoms with Crippen LogP contribution in [0, 0.1) is 23.0 Å². The van der Waals surface area contributed by atoms with Crippen LogP contribution < -0.4 is 0 Å². The fourth-order valence-electron chi connectivity index (χ4n) is 3.38. The maximum atomic E-state index is 14.7. The Morgan fingerprint density at radius 2 is 1.97 bits per heavy atom. The van der Waals surface area contributed by atoms with Gasteiger partial charge in [0.25, 0.3) is 0 Å². The summed E-state index contributed by atoms with van der Waals surface area (Å²) in [5, 5.41) is 27.0. The summed E-state index contributed by atoms with van der Waals surface area (Å²) in [5.74, 6) is -2.07. The molecule has 2 aromatic carbocycles. The second-order valence-electron chi connectivity index (χ2n) is 7.12. The first-order valence-corrected chi connectivity index (χ1v) is 10.2. The molecule has 4 aromatic rings. The van der Waals surface area contributed by atoms with Gasteiger partial charge >= 0.3 is 0 Å². The molecule has 0 saturated carbocycles. The zero-order valence-electron chi connectivity index (χ0n) is 16.9. The molecule has 0 amide bonds. The lowest BCUT2D eigenvalue weighted by Gasteiger charge is -2.33. The molecule has 0 aliphatic carbocycles. The van der Waals surface area contributed by atoms with Gasteiger partial charge in [-0.2, -0.15) is 10.4 Å². The fraction of sp³-hybridized carbons (Fsp3) is 0.182. The highest BCUT2D eigenvalue weighted by molar-refractivity contribution is 7.10. The highest BCUT2D eigenvalue weighted by atomic mass is 32.1. The summed E-state index contributed by atoms with van der Waals surface area (Å²) in [6, 6.07) is 12.0. The van der Waals surface area contributed by atoms with Crippen molar-refractivity contribution in [3.8, 4) is 17.3 Å². The van der Waals surface area contributed by atoms with Crippen LogP contribution in [-0.4, -0.2) is 30.3 Å². The van der Waals surface area contributed by atoms with Crippen molar-refractivity contribution in [2.75, 3.05) is 0 Å². The molecule has 0 fully saturated rings. The Morgan fingerprint density at radius 3 is 2.62 bits per heavy atom. The molecule has 4 rings (SSSR count). The predicted octanol–water partition coefficient (Wildman–Crippen LogP) is 3.42. The topological polar surface area (TPSA) is 119 Å². The molecular formula is C22H19F2N5O2S. The smallest absolute Gasteiger partial charge is 0.137 e. The maximum Gasteiger partial charge on any atom is 0.137 e. The number of aliphatic hydroxyl groups is 1. The molecule has 32 heavy (non-hydrogen) atoms. The maximum absolute atomic E-state index is 14.7. The van der Waals surface area contributed by atoms with E-state index in [2.05, 4.69) is 21.1 Å². The van der Waals surface area contributed by atoms with Crippen LogP contribution in [0.1, 0.15) is 29.0 Å². The van der Waals surface area contributed by atoms with Crippen LogP contribution in [0.25, 0.3) is 11.3 Å². The van der Waals surface area contributed by atoms with Crippen molar-refractivity contribution in [2.45, 2.75) is 25.0 Å². The number of halogens is 2. The van der Waals surface area contributed by atoms with Gasteiger partial charge in [0.05, 0.1) is 28.9 Å². The van der Waals surface area contributed by atoms with Crippen LogP contribution in [0.4, 0.5) is 8.78 Å². The predicted molar refractivity (Wildman–Crippen MR) is 115 cm³/mol. The molecule has 0 saturated heterocycles. The van der Waals surface area contributed by atoms with Crippen LogP contribution in [0.15, 0.2) is 60.5 Å². The van der Waals surface area contributed by atoms with E-state index >= 15 is 0 Å². The molecule has 10 heteroatoms. The van der Waals surface area contributed by atoms with Gasteiger partial charge in [-0.1, -0.05) is 19.1 Å². The van der Waals surface area contributed by atoms with E-state index in [4.69, 9.17) is 5.26 Å². The highest BCUT2D eigenvalue weighted by Gasteiger charge is 2.41. The molecule has 164 valence electrons. The third-order valence-corrected chi connectivity index (χ3v) is 6.21. The second-order valence-corrected chi connectivity index (χ2v) is 8.01. The summed E-state index contributed by atoms with van der Waals surface area (Å²) in [4.78, 5) is 8.49. The van der Waals surface area contributed by atoms with Crippen molar-refractivity contribution in [1.29, 1.82) is 5.26 Å². The van der Waals surface area contributed by atoms with Crippen LogP contribution in [0.3, 0.4) is 0 Å². The van der Waals surface area contributed by atoms with Gasteiger partial charge in [0.15, 0.2) is 0 Å². The van der Waals surface area contributed by atoms with Gasteiger partial charge in [0, 0.05) is 22.4 Å². The molecular weight excluding hydrogens is 436 g/mol. The van der Waals surface area contributed by atoms with Gasteiger partial charge in [0.2, 0.25) is 0 Å². The summed E-state index contributed by atoms with van der Waals surface area (Å²) in [5.41, 5.74) is 0.00578. The van der Waals surface area contributed by atoms with Crippen LogP contribution in [0.2, 0.25) is 0 Å². The minimum Gasteiger partial charge on any atom is -0.412 e. The average Bonchev–Trinajstić information content (AvgIpc) is 3.47. The number of aromatic nitrogens is 4. The first kappa shape index (κ1) is 23.1. The van der Waals surface area contributed by atoms with E-state index in [1.165, 1.54) is 28.7 Å². The lowest BCUT2D eigenvalue weighted by atomic mass is 9.82. The normalized spacial score (nSPS) is 13.6. The average molecular weight is 455 g/mol. The number of hydrogen-bond donors (Lipinski definition) is 1. The van der Waals surface area contributed by atoms with E-state index < -0.39 is 23.2 Å². The van der Waals surface area contributed by atoms with Crippen LogP contribution >= 0.6 is 11.3 Å². The van der Waals surface area contributed by atoms with Gasteiger partial charge < -0.3 is 10.6 Å². The number of rotatable bonds is 6.